The number of rotatable bonds is 9. The van der Waals surface area contributed by atoms with E-state index in [2.05, 4.69) is 38.3 Å². The van der Waals surface area contributed by atoms with E-state index in [0.29, 0.717) is 62.9 Å². The predicted molar refractivity (Wildman–Crippen MR) is 155 cm³/mol. The third-order valence-corrected chi connectivity index (χ3v) is 7.68. The van der Waals surface area contributed by atoms with E-state index in [1.165, 1.54) is 16.6 Å². The van der Waals surface area contributed by atoms with E-state index in [-0.39, 0.29) is 41.2 Å². The largest absolute Gasteiger partial charge is 0.488 e. The minimum absolute atomic E-state index is 0.101. The Kier molecular flexibility index (Phi) is 8.33. The van der Waals surface area contributed by atoms with Gasteiger partial charge in [-0.2, -0.15) is 14.9 Å². The molecule has 6 rings (SSSR count). The minimum Gasteiger partial charge on any atom is -0.488 e. The van der Waals surface area contributed by atoms with Gasteiger partial charge in [-0.05, 0) is 18.2 Å². The van der Waals surface area contributed by atoms with Crippen LogP contribution in [0.1, 0.15) is 19.8 Å². The number of nitrogens with zero attached hydrogens (tertiary/aromatic N) is 6. The van der Waals surface area contributed by atoms with E-state index in [0.717, 1.165) is 5.69 Å². The number of ether oxygens (including phenoxy) is 3. The molecule has 0 radical (unpaired) electrons. The number of nitriles is 1. The van der Waals surface area contributed by atoms with Gasteiger partial charge in [0.2, 0.25) is 5.95 Å². The highest BCUT2D eigenvalue weighted by Crippen LogP contribution is 2.33. The number of pyridine rings is 1. The number of aromatic nitrogens is 4. The Balaban J connectivity index is 1.24. The molecular weight excluding hydrogens is 558 g/mol. The van der Waals surface area contributed by atoms with Crippen LogP contribution in [-0.2, 0) is 9.47 Å². The van der Waals surface area contributed by atoms with Crippen molar-refractivity contribution in [3.63, 3.8) is 0 Å². The van der Waals surface area contributed by atoms with Crippen LogP contribution in [0.2, 0.25) is 0 Å². The second-order valence-corrected chi connectivity index (χ2v) is 10.8. The molecule has 4 aromatic rings. The zero-order chi connectivity index (χ0) is 29.9. The molecule has 4 atom stereocenters. The number of hydrogen-bond acceptors (Lipinski definition) is 10. The van der Waals surface area contributed by atoms with Gasteiger partial charge in [0.05, 0.1) is 79.0 Å². The van der Waals surface area contributed by atoms with Crippen LogP contribution in [0, 0.1) is 28.9 Å². The monoisotopic (exact) mass is 590 g/mol. The molecule has 2 saturated heterocycles. The third kappa shape index (κ3) is 6.08. The van der Waals surface area contributed by atoms with Gasteiger partial charge in [-0.15, -0.1) is 0 Å². The standard InChI is InChI=1S/C30H32F2N8O3/c1-18-15-39(16-24(34)29(18)42-9-2-7-33)27-5-8-35-14-26(27)37-30-36-13-19-3-4-25(38-40(19)30)28-22(31)11-21(12-23(28)32)43-20-6-10-41-17-20/h3-5,8,11-14,18,20,24,29H,2,6,9-10,15-17,34H2,1H3,(H,36,37)/t18-,20?,24+,29-/m0/s1. The van der Waals surface area contributed by atoms with Gasteiger partial charge in [0.25, 0.3) is 0 Å². The lowest BCUT2D eigenvalue weighted by atomic mass is 9.92. The molecule has 0 amide bonds. The van der Waals surface area contributed by atoms with Gasteiger partial charge in [0, 0.05) is 49.8 Å². The highest BCUT2D eigenvalue weighted by Gasteiger charge is 2.34. The first-order valence-corrected chi connectivity index (χ1v) is 14.2. The molecule has 0 saturated carbocycles. The summed E-state index contributed by atoms with van der Waals surface area (Å²) in [5.74, 6) is -0.991. The van der Waals surface area contributed by atoms with Crippen LogP contribution in [-0.4, -0.2) is 70.7 Å². The average molecular weight is 591 g/mol. The molecule has 43 heavy (non-hydrogen) atoms. The summed E-state index contributed by atoms with van der Waals surface area (Å²) in [5.41, 5.74) is 8.50. The number of anilines is 3. The van der Waals surface area contributed by atoms with Gasteiger partial charge in [0.1, 0.15) is 23.5 Å². The van der Waals surface area contributed by atoms with Gasteiger partial charge in [0.15, 0.2) is 0 Å². The smallest absolute Gasteiger partial charge is 0.229 e. The molecule has 2 aliphatic heterocycles. The van der Waals surface area contributed by atoms with E-state index >= 15 is 8.78 Å². The Hall–Kier alpha value is -4.38. The van der Waals surface area contributed by atoms with E-state index in [4.69, 9.17) is 25.2 Å². The summed E-state index contributed by atoms with van der Waals surface area (Å²) in [7, 11) is 0. The SMILES string of the molecule is C[C@H]1CN(c2ccncc2Nc2ncc3ccc(-c4c(F)cc(OC5CCOC5)cc4F)nn23)C[C@@H](N)[C@H]1OCCC#N. The van der Waals surface area contributed by atoms with Crippen molar-refractivity contribution in [2.45, 2.75) is 38.0 Å². The molecule has 1 unspecified atom stereocenters. The number of nitrogens with two attached hydrogens (primary N) is 1. The lowest BCUT2D eigenvalue weighted by molar-refractivity contribution is -0.00331. The van der Waals surface area contributed by atoms with Crippen LogP contribution in [0.3, 0.4) is 0 Å². The molecule has 224 valence electrons. The maximum Gasteiger partial charge on any atom is 0.229 e. The quantitative estimate of drug-likeness (QED) is 0.275. The van der Waals surface area contributed by atoms with Crippen LogP contribution in [0.4, 0.5) is 26.1 Å². The van der Waals surface area contributed by atoms with Crippen molar-refractivity contribution >= 4 is 22.8 Å². The Labute approximate surface area is 247 Å². The summed E-state index contributed by atoms with van der Waals surface area (Å²) in [6.45, 7) is 4.59. The molecular formula is C30H32F2N8O3. The van der Waals surface area contributed by atoms with Gasteiger partial charge in [-0.25, -0.2) is 13.8 Å². The Morgan fingerprint density at radius 3 is 2.77 bits per heavy atom. The molecule has 13 heteroatoms. The van der Waals surface area contributed by atoms with Crippen molar-refractivity contribution in [1.82, 2.24) is 19.6 Å². The van der Waals surface area contributed by atoms with E-state index < -0.39 is 11.6 Å². The summed E-state index contributed by atoms with van der Waals surface area (Å²) in [6, 6.07) is 9.31. The van der Waals surface area contributed by atoms with Crippen molar-refractivity contribution in [3.05, 3.63) is 60.6 Å². The number of hydrogen-bond donors (Lipinski definition) is 2. The molecule has 11 nitrogen and oxygen atoms in total. The first-order chi connectivity index (χ1) is 20.9. The van der Waals surface area contributed by atoms with Crippen molar-refractivity contribution in [2.24, 2.45) is 11.7 Å². The van der Waals surface area contributed by atoms with Crippen molar-refractivity contribution in [1.29, 1.82) is 5.26 Å². The minimum atomic E-state index is -0.782. The maximum absolute atomic E-state index is 15.2. The van der Waals surface area contributed by atoms with Crippen LogP contribution in [0.15, 0.2) is 48.9 Å². The fourth-order valence-electron chi connectivity index (χ4n) is 5.67. The topological polar surface area (TPSA) is 136 Å². The Morgan fingerprint density at radius 1 is 1.19 bits per heavy atom. The zero-order valence-electron chi connectivity index (χ0n) is 23.6. The van der Waals surface area contributed by atoms with Gasteiger partial charge < -0.3 is 30.2 Å². The summed E-state index contributed by atoms with van der Waals surface area (Å²) >= 11 is 0. The first kappa shape index (κ1) is 28.7. The maximum atomic E-state index is 15.2. The van der Waals surface area contributed by atoms with Gasteiger partial charge >= 0.3 is 0 Å². The zero-order valence-corrected chi connectivity index (χ0v) is 23.6. The van der Waals surface area contributed by atoms with E-state index in [1.54, 1.807) is 30.7 Å². The number of benzene rings is 1. The average Bonchev–Trinajstić information content (AvgIpc) is 3.64. The molecule has 3 N–H and O–H groups in total. The normalized spacial score (nSPS) is 22.1. The second kappa shape index (κ2) is 12.5. The Bertz CT molecular complexity index is 1600. The summed E-state index contributed by atoms with van der Waals surface area (Å²) in [5, 5.41) is 16.7. The summed E-state index contributed by atoms with van der Waals surface area (Å²) < 4.78 is 48.8. The fraction of sp³-hybridized carbons (Fsp3) is 0.400. The number of nitrogens with one attached hydrogen (secondary N) is 1. The molecule has 2 fully saturated rings. The summed E-state index contributed by atoms with van der Waals surface area (Å²) in [4.78, 5) is 10.9. The Morgan fingerprint density at radius 2 is 2.02 bits per heavy atom. The molecule has 1 aromatic carbocycles. The first-order valence-electron chi connectivity index (χ1n) is 14.2. The number of imidazole rings is 1. The lowest BCUT2D eigenvalue weighted by Gasteiger charge is -2.42. The highest BCUT2D eigenvalue weighted by molar-refractivity contribution is 5.74. The molecule has 2 aliphatic rings. The molecule has 0 aliphatic carbocycles. The fourth-order valence-corrected chi connectivity index (χ4v) is 5.67. The second-order valence-electron chi connectivity index (χ2n) is 10.8. The lowest BCUT2D eigenvalue weighted by Crippen LogP contribution is -2.56. The number of halogens is 2. The van der Waals surface area contributed by atoms with Crippen LogP contribution >= 0.6 is 0 Å². The molecule has 0 spiro atoms. The van der Waals surface area contributed by atoms with Crippen molar-refractivity contribution < 1.29 is 23.0 Å². The highest BCUT2D eigenvalue weighted by atomic mass is 19.1. The summed E-state index contributed by atoms with van der Waals surface area (Å²) in [6.07, 6.45) is 5.60. The number of fused-ring (bicyclic) bond motifs is 1. The van der Waals surface area contributed by atoms with E-state index in [1.807, 2.05) is 6.07 Å². The number of piperidine rings is 1. The van der Waals surface area contributed by atoms with Crippen LogP contribution in [0.5, 0.6) is 5.75 Å². The molecule has 5 heterocycles. The third-order valence-electron chi connectivity index (χ3n) is 7.68. The van der Waals surface area contributed by atoms with Crippen LogP contribution < -0.4 is 20.7 Å². The molecule has 0 bridgehead atoms. The van der Waals surface area contributed by atoms with Gasteiger partial charge in [-0.3, -0.25) is 4.98 Å². The molecule has 3 aromatic heterocycles. The van der Waals surface area contributed by atoms with Crippen LogP contribution in [0.25, 0.3) is 16.8 Å². The van der Waals surface area contributed by atoms with E-state index in [9.17, 15) is 0 Å². The van der Waals surface area contributed by atoms with Crippen molar-refractivity contribution in [3.8, 4) is 23.1 Å². The van der Waals surface area contributed by atoms with Crippen molar-refractivity contribution in [2.75, 3.05) is 43.1 Å². The van der Waals surface area contributed by atoms with Gasteiger partial charge in [-0.1, -0.05) is 6.92 Å². The predicted octanol–water partition coefficient (Wildman–Crippen LogP) is 4.06.